The third-order valence-electron chi connectivity index (χ3n) is 1.93. The van der Waals surface area contributed by atoms with Crippen molar-refractivity contribution in [3.05, 3.63) is 34.9 Å². The first-order valence-corrected chi connectivity index (χ1v) is 6.57. The Labute approximate surface area is 104 Å². The van der Waals surface area contributed by atoms with Crippen molar-refractivity contribution in [1.29, 1.82) is 0 Å². The predicted molar refractivity (Wildman–Crippen MR) is 71.5 cm³/mol. The quantitative estimate of drug-likeness (QED) is 0.763. The molecule has 1 aromatic carbocycles. The zero-order chi connectivity index (χ0) is 12.2. The van der Waals surface area contributed by atoms with Gasteiger partial charge < -0.3 is 0 Å². The number of halogens is 1. The normalized spacial score (nSPS) is 14.2. The van der Waals surface area contributed by atoms with Crippen LogP contribution in [0.3, 0.4) is 0 Å². The van der Waals surface area contributed by atoms with Gasteiger partial charge in [0.1, 0.15) is 11.0 Å². The summed E-state index contributed by atoms with van der Waals surface area (Å²) in [4.78, 5) is 0. The first kappa shape index (κ1) is 13.4. The highest BCUT2D eigenvalue weighted by atomic mass is 35.5. The maximum atomic E-state index is 11.6. The van der Waals surface area contributed by atoms with Gasteiger partial charge in [0.15, 0.2) is 0 Å². The average Bonchev–Trinajstić information content (AvgIpc) is 2.19. The van der Waals surface area contributed by atoms with Gasteiger partial charge in [-0.05, 0) is 38.5 Å². The summed E-state index contributed by atoms with van der Waals surface area (Å²) >= 11 is 5.77. The molecule has 0 amide bonds. The second kappa shape index (κ2) is 5.60. The molecule has 0 fully saturated rings. The number of hydrogen-bond donors (Lipinski definition) is 0. The lowest BCUT2D eigenvalue weighted by atomic mass is 10.2. The van der Waals surface area contributed by atoms with Gasteiger partial charge in [0.25, 0.3) is 0 Å². The van der Waals surface area contributed by atoms with E-state index in [0.717, 1.165) is 10.6 Å². The van der Waals surface area contributed by atoms with Crippen LogP contribution in [0.2, 0.25) is 5.02 Å². The molecule has 0 heterocycles. The van der Waals surface area contributed by atoms with Gasteiger partial charge in [0, 0.05) is 17.7 Å². The van der Waals surface area contributed by atoms with E-state index in [1.54, 1.807) is 6.21 Å². The second-order valence-corrected chi connectivity index (χ2v) is 6.85. The Morgan fingerprint density at radius 3 is 2.38 bits per heavy atom. The van der Waals surface area contributed by atoms with E-state index in [1.807, 2.05) is 45.0 Å². The van der Waals surface area contributed by atoms with Crippen molar-refractivity contribution in [3.8, 4) is 0 Å². The van der Waals surface area contributed by atoms with E-state index in [9.17, 15) is 4.21 Å². The molecule has 1 aromatic rings. The Morgan fingerprint density at radius 2 is 1.88 bits per heavy atom. The molecule has 0 radical (unpaired) electrons. The lowest BCUT2D eigenvalue weighted by molar-refractivity contribution is 0.651. The lowest BCUT2D eigenvalue weighted by Gasteiger charge is -2.12. The molecule has 88 valence electrons. The Bertz CT molecular complexity index is 392. The highest BCUT2D eigenvalue weighted by molar-refractivity contribution is 7.85. The molecule has 2 nitrogen and oxygen atoms in total. The van der Waals surface area contributed by atoms with Gasteiger partial charge in [-0.15, -0.1) is 0 Å². The molecule has 0 saturated carbocycles. The van der Waals surface area contributed by atoms with Gasteiger partial charge in [-0.1, -0.05) is 23.7 Å². The predicted octanol–water partition coefficient (Wildman–Crippen LogP) is 3.42. The van der Waals surface area contributed by atoms with Crippen molar-refractivity contribution in [2.75, 3.05) is 0 Å². The molecule has 1 atom stereocenters. The van der Waals surface area contributed by atoms with E-state index >= 15 is 0 Å². The summed E-state index contributed by atoms with van der Waals surface area (Å²) in [7, 11) is -1.17. The van der Waals surface area contributed by atoms with Crippen LogP contribution in [0.15, 0.2) is 28.7 Å². The van der Waals surface area contributed by atoms with Gasteiger partial charge in [-0.3, -0.25) is 0 Å². The molecule has 16 heavy (non-hydrogen) atoms. The largest absolute Gasteiger partial charge is 0.234 e. The van der Waals surface area contributed by atoms with Crippen molar-refractivity contribution in [3.63, 3.8) is 0 Å². The summed E-state index contributed by atoms with van der Waals surface area (Å²) in [5.41, 5.74) is 1.11. The molecule has 1 unspecified atom stereocenters. The average molecular weight is 258 g/mol. The molecule has 0 aromatic heterocycles. The fourth-order valence-electron chi connectivity index (χ4n) is 0.989. The van der Waals surface area contributed by atoms with Crippen LogP contribution >= 0.6 is 11.6 Å². The van der Waals surface area contributed by atoms with Gasteiger partial charge >= 0.3 is 0 Å². The molecule has 0 aliphatic rings. The number of nitrogens with zero attached hydrogens (tertiary/aromatic N) is 1. The van der Waals surface area contributed by atoms with Crippen molar-refractivity contribution < 1.29 is 4.21 Å². The lowest BCUT2D eigenvalue weighted by Crippen LogP contribution is -2.19. The van der Waals surface area contributed by atoms with Crippen molar-refractivity contribution in [2.45, 2.75) is 31.9 Å². The highest BCUT2D eigenvalue weighted by Crippen LogP contribution is 2.12. The summed E-state index contributed by atoms with van der Waals surface area (Å²) in [6.45, 7) is 5.72. The first-order chi connectivity index (χ1) is 7.39. The van der Waals surface area contributed by atoms with Crippen LogP contribution in [0.4, 0.5) is 0 Å². The van der Waals surface area contributed by atoms with Gasteiger partial charge in [-0.2, -0.15) is 4.40 Å². The second-order valence-electron chi connectivity index (χ2n) is 4.48. The molecular formula is C12H16ClNOS. The van der Waals surface area contributed by atoms with E-state index in [1.165, 1.54) is 0 Å². The fourth-order valence-corrected chi connectivity index (χ4v) is 1.64. The standard InChI is InChI=1S/C12H16ClNOS/c1-12(2,3)16(15)14-9-8-10-4-6-11(13)7-5-10/h4-7,9H,8H2,1-3H3. The van der Waals surface area contributed by atoms with E-state index < -0.39 is 11.0 Å². The van der Waals surface area contributed by atoms with Crippen molar-refractivity contribution >= 4 is 28.8 Å². The zero-order valence-corrected chi connectivity index (χ0v) is 11.3. The van der Waals surface area contributed by atoms with Crippen LogP contribution in [0, 0.1) is 0 Å². The Balaban J connectivity index is 2.55. The van der Waals surface area contributed by atoms with E-state index in [2.05, 4.69) is 4.40 Å². The first-order valence-electron chi connectivity index (χ1n) is 5.08. The summed E-state index contributed by atoms with van der Waals surface area (Å²) in [5.74, 6) is 0. The van der Waals surface area contributed by atoms with Crippen molar-refractivity contribution in [1.82, 2.24) is 0 Å². The molecule has 1 rings (SSSR count). The maximum absolute atomic E-state index is 11.6. The summed E-state index contributed by atoms with van der Waals surface area (Å²) < 4.78 is 15.3. The van der Waals surface area contributed by atoms with Crippen LogP contribution in [-0.4, -0.2) is 15.2 Å². The maximum Gasteiger partial charge on any atom is 0.144 e. The Morgan fingerprint density at radius 1 is 1.31 bits per heavy atom. The van der Waals surface area contributed by atoms with E-state index in [-0.39, 0.29) is 4.75 Å². The van der Waals surface area contributed by atoms with Crippen LogP contribution in [-0.2, 0) is 17.4 Å². The van der Waals surface area contributed by atoms with Gasteiger partial charge in [-0.25, -0.2) is 4.21 Å². The molecule has 0 saturated heterocycles. The summed E-state index contributed by atoms with van der Waals surface area (Å²) in [5, 5.41) is 0.721. The van der Waals surface area contributed by atoms with Crippen molar-refractivity contribution in [2.24, 2.45) is 4.40 Å². The van der Waals surface area contributed by atoms with Crippen LogP contribution in [0.5, 0.6) is 0 Å². The Kier molecular flexibility index (Phi) is 4.69. The minimum atomic E-state index is -1.17. The van der Waals surface area contributed by atoms with Crippen LogP contribution in [0.25, 0.3) is 0 Å². The minimum Gasteiger partial charge on any atom is -0.234 e. The van der Waals surface area contributed by atoms with Crippen LogP contribution in [0.1, 0.15) is 26.3 Å². The Hall–Kier alpha value is -0.670. The van der Waals surface area contributed by atoms with E-state index in [0.29, 0.717) is 6.42 Å². The number of hydrogen-bond acceptors (Lipinski definition) is 1. The monoisotopic (exact) mass is 257 g/mol. The third kappa shape index (κ3) is 4.45. The summed E-state index contributed by atoms with van der Waals surface area (Å²) in [6, 6.07) is 7.56. The minimum absolute atomic E-state index is 0.295. The fraction of sp³-hybridized carbons (Fsp3) is 0.417. The highest BCUT2D eigenvalue weighted by Gasteiger charge is 2.17. The molecule has 0 spiro atoms. The molecule has 0 aliphatic heterocycles. The van der Waals surface area contributed by atoms with Gasteiger partial charge in [0.05, 0.1) is 4.75 Å². The number of rotatable bonds is 3. The smallest absolute Gasteiger partial charge is 0.144 e. The third-order valence-corrected chi connectivity index (χ3v) is 3.57. The topological polar surface area (TPSA) is 29.4 Å². The van der Waals surface area contributed by atoms with E-state index in [4.69, 9.17) is 11.6 Å². The van der Waals surface area contributed by atoms with Gasteiger partial charge in [0.2, 0.25) is 0 Å². The number of benzene rings is 1. The molecule has 0 N–H and O–H groups in total. The SMILES string of the molecule is CC(C)(C)S(=O)N=CCc1ccc(Cl)cc1. The zero-order valence-electron chi connectivity index (χ0n) is 9.74. The summed E-state index contributed by atoms with van der Waals surface area (Å²) in [6.07, 6.45) is 2.38. The molecule has 0 bridgehead atoms. The molecule has 4 heteroatoms. The molecular weight excluding hydrogens is 242 g/mol. The van der Waals surface area contributed by atoms with Crippen LogP contribution < -0.4 is 0 Å². The molecule has 0 aliphatic carbocycles.